The molecule has 0 aliphatic heterocycles. The maximum atomic E-state index is 12.9. The molecule has 3 aromatic rings. The quantitative estimate of drug-likeness (QED) is 0.603. The van der Waals surface area contributed by atoms with Gasteiger partial charge in [0.05, 0.1) is 28.5 Å². The Morgan fingerprint density at radius 3 is 2.41 bits per heavy atom. The normalized spacial score (nSPS) is 10.6. The largest absolute Gasteiger partial charge is 0.346 e. The number of benzene rings is 2. The van der Waals surface area contributed by atoms with Gasteiger partial charge in [-0.15, -0.1) is 0 Å². The third-order valence-corrected chi connectivity index (χ3v) is 5.01. The zero-order chi connectivity index (χ0) is 19.4. The summed E-state index contributed by atoms with van der Waals surface area (Å²) in [5.41, 5.74) is 3.28. The lowest BCUT2D eigenvalue weighted by atomic mass is 9.97. The maximum absolute atomic E-state index is 12.9. The molecule has 1 amide bonds. The van der Waals surface area contributed by atoms with Crippen LogP contribution in [0.2, 0.25) is 0 Å². The third-order valence-electron chi connectivity index (χ3n) is 4.34. The first-order valence-corrected chi connectivity index (χ1v) is 9.49. The summed E-state index contributed by atoms with van der Waals surface area (Å²) in [6, 6.07) is 14.2. The van der Waals surface area contributed by atoms with Gasteiger partial charge in [-0.25, -0.2) is 0 Å². The highest BCUT2D eigenvalue weighted by Gasteiger charge is 2.18. The summed E-state index contributed by atoms with van der Waals surface area (Å²) >= 11 is 3.45. The summed E-state index contributed by atoms with van der Waals surface area (Å²) in [7, 11) is 0. The molecule has 0 radical (unpaired) electrons. The van der Waals surface area contributed by atoms with Gasteiger partial charge in [-0.2, -0.15) is 5.10 Å². The smallest absolute Gasteiger partial charge is 0.252 e. The first-order chi connectivity index (χ1) is 13.0. The Kier molecular flexibility index (Phi) is 5.86. The van der Waals surface area contributed by atoms with E-state index in [1.54, 1.807) is 42.6 Å². The predicted octanol–water partition coefficient (Wildman–Crippen LogP) is 4.13. The Morgan fingerprint density at radius 1 is 1.07 bits per heavy atom. The molecule has 0 aliphatic carbocycles. The molecular formula is C21H20BrN3O2. The topological polar surface area (TPSA) is 64.0 Å². The highest BCUT2D eigenvalue weighted by Crippen LogP contribution is 2.18. The summed E-state index contributed by atoms with van der Waals surface area (Å²) in [5.74, 6) is -0.456. The monoisotopic (exact) mass is 425 g/mol. The number of halogens is 1. The number of ketones is 1. The van der Waals surface area contributed by atoms with Crippen LogP contribution >= 0.6 is 15.9 Å². The van der Waals surface area contributed by atoms with Crippen LogP contribution in [0.3, 0.4) is 0 Å². The molecule has 0 bridgehead atoms. The van der Waals surface area contributed by atoms with Gasteiger partial charge in [0.25, 0.3) is 5.91 Å². The van der Waals surface area contributed by atoms with Gasteiger partial charge < -0.3 is 5.32 Å². The molecule has 3 rings (SSSR count). The van der Waals surface area contributed by atoms with Crippen molar-refractivity contribution < 1.29 is 9.59 Å². The molecule has 0 spiro atoms. The maximum Gasteiger partial charge on any atom is 0.252 e. The SMILES string of the molecule is CCn1ncc(Br)c1CNC(=O)c1ccccc1C(=O)c1ccc(C)cc1. The summed E-state index contributed by atoms with van der Waals surface area (Å²) in [6.07, 6.45) is 1.71. The van der Waals surface area contributed by atoms with Crippen LogP contribution in [0.25, 0.3) is 0 Å². The van der Waals surface area contributed by atoms with Crippen LogP contribution in [0.5, 0.6) is 0 Å². The molecule has 0 aliphatic rings. The van der Waals surface area contributed by atoms with E-state index in [4.69, 9.17) is 0 Å². The molecule has 1 N–H and O–H groups in total. The zero-order valence-electron chi connectivity index (χ0n) is 15.2. The molecule has 6 heteroatoms. The van der Waals surface area contributed by atoms with Crippen LogP contribution in [0, 0.1) is 6.92 Å². The van der Waals surface area contributed by atoms with Crippen LogP contribution in [0.1, 0.15) is 44.5 Å². The lowest BCUT2D eigenvalue weighted by Crippen LogP contribution is -2.26. The number of aryl methyl sites for hydroxylation is 2. The molecular weight excluding hydrogens is 406 g/mol. The molecule has 27 heavy (non-hydrogen) atoms. The lowest BCUT2D eigenvalue weighted by molar-refractivity contribution is 0.0938. The molecule has 0 atom stereocenters. The van der Waals surface area contributed by atoms with Gasteiger partial charge in [0.2, 0.25) is 0 Å². The highest BCUT2D eigenvalue weighted by molar-refractivity contribution is 9.10. The van der Waals surface area contributed by atoms with Crippen molar-refractivity contribution in [3.8, 4) is 0 Å². The molecule has 0 saturated carbocycles. The number of carbonyl (C=O) groups excluding carboxylic acids is 2. The van der Waals surface area contributed by atoms with E-state index < -0.39 is 0 Å². The molecule has 0 saturated heterocycles. The van der Waals surface area contributed by atoms with Gasteiger partial charge in [-0.1, -0.05) is 48.0 Å². The van der Waals surface area contributed by atoms with Crippen molar-refractivity contribution in [2.45, 2.75) is 26.9 Å². The number of amides is 1. The fourth-order valence-corrected chi connectivity index (χ4v) is 3.27. The average molecular weight is 426 g/mol. The number of nitrogens with zero attached hydrogens (tertiary/aromatic N) is 2. The zero-order valence-corrected chi connectivity index (χ0v) is 16.8. The van der Waals surface area contributed by atoms with Crippen molar-refractivity contribution in [3.63, 3.8) is 0 Å². The van der Waals surface area contributed by atoms with E-state index >= 15 is 0 Å². The van der Waals surface area contributed by atoms with Gasteiger partial charge in [0.1, 0.15) is 0 Å². The summed E-state index contributed by atoms with van der Waals surface area (Å²) in [6.45, 7) is 4.98. The molecule has 138 valence electrons. The molecule has 1 heterocycles. The molecule has 0 unspecified atom stereocenters. The highest BCUT2D eigenvalue weighted by atomic mass is 79.9. The van der Waals surface area contributed by atoms with Crippen molar-refractivity contribution >= 4 is 27.6 Å². The molecule has 1 aromatic heterocycles. The van der Waals surface area contributed by atoms with Crippen molar-refractivity contribution in [3.05, 3.63) is 87.1 Å². The van der Waals surface area contributed by atoms with Gasteiger partial charge >= 0.3 is 0 Å². The number of nitrogens with one attached hydrogen (secondary N) is 1. The second-order valence-corrected chi connectivity index (χ2v) is 7.03. The Balaban J connectivity index is 1.82. The first-order valence-electron chi connectivity index (χ1n) is 8.70. The molecule has 2 aromatic carbocycles. The number of carbonyl (C=O) groups is 2. The summed E-state index contributed by atoms with van der Waals surface area (Å²) in [4.78, 5) is 25.6. The average Bonchev–Trinajstić information content (AvgIpc) is 3.05. The second-order valence-electron chi connectivity index (χ2n) is 6.18. The van der Waals surface area contributed by atoms with Gasteiger partial charge in [-0.3, -0.25) is 14.3 Å². The number of rotatable bonds is 6. The Morgan fingerprint density at radius 2 is 1.74 bits per heavy atom. The van der Waals surface area contributed by atoms with E-state index in [9.17, 15) is 9.59 Å². The predicted molar refractivity (Wildman–Crippen MR) is 108 cm³/mol. The van der Waals surface area contributed by atoms with Crippen molar-refractivity contribution in [1.29, 1.82) is 0 Å². The molecule has 5 nitrogen and oxygen atoms in total. The van der Waals surface area contributed by atoms with Crippen LogP contribution in [0.15, 0.2) is 59.2 Å². The van der Waals surface area contributed by atoms with Crippen LogP contribution < -0.4 is 5.32 Å². The number of aromatic nitrogens is 2. The van der Waals surface area contributed by atoms with Crippen LogP contribution in [-0.4, -0.2) is 21.5 Å². The fraction of sp³-hybridized carbons (Fsp3) is 0.190. The van der Waals surface area contributed by atoms with E-state index in [-0.39, 0.29) is 11.7 Å². The Bertz CT molecular complexity index is 977. The molecule has 0 fully saturated rings. The summed E-state index contributed by atoms with van der Waals surface area (Å²) in [5, 5.41) is 7.13. The van der Waals surface area contributed by atoms with Gasteiger partial charge in [0, 0.05) is 17.7 Å². The first kappa shape index (κ1) is 19.0. The van der Waals surface area contributed by atoms with Crippen molar-refractivity contribution in [2.24, 2.45) is 0 Å². The minimum atomic E-state index is -0.290. The van der Waals surface area contributed by atoms with Crippen molar-refractivity contribution in [2.75, 3.05) is 0 Å². The standard InChI is InChI=1S/C21H20BrN3O2/c1-3-25-19(18(22)12-24-25)13-23-21(27)17-7-5-4-6-16(17)20(26)15-10-8-14(2)9-11-15/h4-12H,3,13H2,1-2H3,(H,23,27). The number of hydrogen-bond acceptors (Lipinski definition) is 3. The Labute approximate surface area is 166 Å². The van der Waals surface area contributed by atoms with E-state index in [2.05, 4.69) is 26.3 Å². The second kappa shape index (κ2) is 8.31. The fourth-order valence-electron chi connectivity index (χ4n) is 2.83. The van der Waals surface area contributed by atoms with Crippen molar-refractivity contribution in [1.82, 2.24) is 15.1 Å². The lowest BCUT2D eigenvalue weighted by Gasteiger charge is -2.11. The van der Waals surface area contributed by atoms with E-state index in [0.717, 1.165) is 15.7 Å². The third kappa shape index (κ3) is 4.17. The van der Waals surface area contributed by atoms with Gasteiger partial charge in [0.15, 0.2) is 5.78 Å². The minimum Gasteiger partial charge on any atom is -0.346 e. The minimum absolute atomic E-state index is 0.166. The number of hydrogen-bond donors (Lipinski definition) is 1. The van der Waals surface area contributed by atoms with Gasteiger partial charge in [-0.05, 0) is 35.8 Å². The summed E-state index contributed by atoms with van der Waals surface area (Å²) < 4.78 is 2.65. The van der Waals surface area contributed by atoms with E-state index in [1.165, 1.54) is 0 Å². The van der Waals surface area contributed by atoms with E-state index in [0.29, 0.717) is 29.8 Å². The van der Waals surface area contributed by atoms with Crippen LogP contribution in [0.4, 0.5) is 0 Å². The van der Waals surface area contributed by atoms with Crippen LogP contribution in [-0.2, 0) is 13.1 Å². The van der Waals surface area contributed by atoms with E-state index in [1.807, 2.05) is 30.7 Å². The Hall–Kier alpha value is -2.73.